The zero-order valence-electron chi connectivity index (χ0n) is 28.4. The molecule has 0 saturated carbocycles. The predicted molar refractivity (Wildman–Crippen MR) is 212 cm³/mol. The van der Waals surface area contributed by atoms with Crippen LogP contribution < -0.4 is 0 Å². The van der Waals surface area contributed by atoms with Crippen molar-refractivity contribution in [3.05, 3.63) is 175 Å². The Morgan fingerprint density at radius 1 is 0.431 bits per heavy atom. The van der Waals surface area contributed by atoms with Crippen LogP contribution in [0.5, 0.6) is 0 Å². The maximum absolute atomic E-state index is 5.23. The summed E-state index contributed by atoms with van der Waals surface area (Å²) in [6.45, 7) is 4.72. The van der Waals surface area contributed by atoms with Crippen LogP contribution in [0.15, 0.2) is 164 Å². The molecule has 0 atom stereocenters. The highest BCUT2D eigenvalue weighted by molar-refractivity contribution is 6.11. The molecule has 0 aliphatic heterocycles. The molecule has 7 aromatic carbocycles. The van der Waals surface area contributed by atoms with Crippen LogP contribution >= 0.6 is 0 Å². The van der Waals surface area contributed by atoms with E-state index in [0.29, 0.717) is 5.82 Å². The summed E-state index contributed by atoms with van der Waals surface area (Å²) in [4.78, 5) is 14.7. The van der Waals surface area contributed by atoms with Crippen molar-refractivity contribution in [3.8, 4) is 56.2 Å². The second kappa shape index (κ2) is 11.3. The molecule has 0 spiro atoms. The molecule has 0 bridgehead atoms. The smallest absolute Gasteiger partial charge is 0.160 e. The Hall–Kier alpha value is -6.45. The van der Waals surface area contributed by atoms with Gasteiger partial charge in [0.2, 0.25) is 0 Å². The first kappa shape index (κ1) is 29.5. The van der Waals surface area contributed by atoms with Gasteiger partial charge in [0.15, 0.2) is 5.82 Å². The Labute approximate surface area is 297 Å². The van der Waals surface area contributed by atoms with Gasteiger partial charge in [0, 0.05) is 39.9 Å². The molecular weight excluding hydrogens is 619 g/mol. The van der Waals surface area contributed by atoms with Gasteiger partial charge in [-0.2, -0.15) is 0 Å². The molecule has 0 N–H and O–H groups in total. The van der Waals surface area contributed by atoms with Gasteiger partial charge in [-0.1, -0.05) is 147 Å². The minimum absolute atomic E-state index is 0.107. The van der Waals surface area contributed by atoms with E-state index in [0.717, 1.165) is 44.2 Å². The molecule has 51 heavy (non-hydrogen) atoms. The van der Waals surface area contributed by atoms with E-state index in [1.165, 1.54) is 49.5 Å². The first-order chi connectivity index (χ1) is 25.0. The maximum Gasteiger partial charge on any atom is 0.160 e. The summed E-state index contributed by atoms with van der Waals surface area (Å²) < 4.78 is 0. The summed E-state index contributed by atoms with van der Waals surface area (Å²) in [7, 11) is 0. The van der Waals surface area contributed by atoms with Gasteiger partial charge in [-0.25, -0.2) is 9.97 Å². The molecule has 9 aromatic rings. The van der Waals surface area contributed by atoms with Crippen LogP contribution in [0, 0.1) is 0 Å². The number of hydrogen-bond acceptors (Lipinski definition) is 3. The molecule has 0 unspecified atom stereocenters. The van der Waals surface area contributed by atoms with Gasteiger partial charge in [-0.15, -0.1) is 0 Å². The van der Waals surface area contributed by atoms with Gasteiger partial charge in [-0.05, 0) is 78.5 Å². The zero-order chi connectivity index (χ0) is 34.1. The molecular formula is C48H33N3. The Bertz CT molecular complexity index is 2830. The van der Waals surface area contributed by atoms with E-state index in [1.54, 1.807) is 0 Å². The lowest BCUT2D eigenvalue weighted by Crippen LogP contribution is -2.14. The van der Waals surface area contributed by atoms with E-state index in [9.17, 15) is 0 Å². The summed E-state index contributed by atoms with van der Waals surface area (Å²) in [6.07, 6.45) is 3.74. The number of nitrogens with zero attached hydrogens (tertiary/aromatic N) is 3. The van der Waals surface area contributed by atoms with Gasteiger partial charge in [0.1, 0.15) is 0 Å². The fraction of sp³-hybridized carbons (Fsp3) is 0.0625. The number of benzene rings is 7. The molecule has 2 aromatic heterocycles. The van der Waals surface area contributed by atoms with Crippen LogP contribution in [0.2, 0.25) is 0 Å². The zero-order valence-corrected chi connectivity index (χ0v) is 28.4. The monoisotopic (exact) mass is 651 g/mol. The van der Waals surface area contributed by atoms with E-state index < -0.39 is 0 Å². The lowest BCUT2D eigenvalue weighted by Gasteiger charge is -2.22. The highest BCUT2D eigenvalue weighted by Crippen LogP contribution is 2.55. The third-order valence-electron chi connectivity index (χ3n) is 10.8. The van der Waals surface area contributed by atoms with Gasteiger partial charge < -0.3 is 0 Å². The molecule has 0 fully saturated rings. The third-order valence-corrected chi connectivity index (χ3v) is 10.8. The Morgan fingerprint density at radius 3 is 2.00 bits per heavy atom. The normalized spacial score (nSPS) is 13.1. The molecule has 10 rings (SSSR count). The van der Waals surface area contributed by atoms with Gasteiger partial charge >= 0.3 is 0 Å². The minimum atomic E-state index is -0.107. The van der Waals surface area contributed by atoms with E-state index in [4.69, 9.17) is 9.97 Å². The van der Waals surface area contributed by atoms with Crippen molar-refractivity contribution >= 4 is 32.3 Å². The first-order valence-corrected chi connectivity index (χ1v) is 17.5. The fourth-order valence-electron chi connectivity index (χ4n) is 8.22. The van der Waals surface area contributed by atoms with Crippen LogP contribution in [0.25, 0.3) is 88.5 Å². The number of fused-ring (bicyclic) bond motifs is 7. The highest BCUT2D eigenvalue weighted by Gasteiger charge is 2.38. The Balaban J connectivity index is 1.20. The van der Waals surface area contributed by atoms with Gasteiger partial charge in [0.05, 0.1) is 11.4 Å². The van der Waals surface area contributed by atoms with Crippen molar-refractivity contribution < 1.29 is 0 Å². The van der Waals surface area contributed by atoms with Crippen LogP contribution in [-0.4, -0.2) is 15.0 Å². The molecule has 3 nitrogen and oxygen atoms in total. The summed E-state index contributed by atoms with van der Waals surface area (Å²) in [5, 5.41) is 7.17. The van der Waals surface area contributed by atoms with Crippen molar-refractivity contribution in [2.75, 3.05) is 0 Å². The second-order valence-electron chi connectivity index (χ2n) is 14.0. The summed E-state index contributed by atoms with van der Waals surface area (Å²) in [5.74, 6) is 0.703. The number of aromatic nitrogens is 3. The third kappa shape index (κ3) is 4.62. The predicted octanol–water partition coefficient (Wildman–Crippen LogP) is 12.3. The van der Waals surface area contributed by atoms with Gasteiger partial charge in [0.25, 0.3) is 0 Å². The topological polar surface area (TPSA) is 38.7 Å². The molecule has 1 aliphatic rings. The van der Waals surface area contributed by atoms with E-state index in [2.05, 4.69) is 146 Å². The molecule has 1 aliphatic carbocycles. The van der Waals surface area contributed by atoms with E-state index in [-0.39, 0.29) is 5.41 Å². The largest absolute Gasteiger partial charge is 0.264 e. The molecule has 3 heteroatoms. The molecule has 2 heterocycles. The van der Waals surface area contributed by atoms with Crippen molar-refractivity contribution in [2.45, 2.75) is 19.3 Å². The fourth-order valence-corrected chi connectivity index (χ4v) is 8.22. The van der Waals surface area contributed by atoms with Crippen molar-refractivity contribution in [2.24, 2.45) is 0 Å². The summed E-state index contributed by atoms with van der Waals surface area (Å²) in [5.41, 5.74) is 12.7. The summed E-state index contributed by atoms with van der Waals surface area (Å²) >= 11 is 0. The van der Waals surface area contributed by atoms with Crippen molar-refractivity contribution in [1.29, 1.82) is 0 Å². The maximum atomic E-state index is 5.23. The van der Waals surface area contributed by atoms with Gasteiger partial charge in [-0.3, -0.25) is 4.98 Å². The second-order valence-corrected chi connectivity index (χ2v) is 14.0. The number of hydrogen-bond donors (Lipinski definition) is 0. The standard InChI is InChI=1S/C48H33N3/c1-48(2)41-18-10-17-40(46(41)45-35-14-7-6-11-31(35)21-24-42(45)48)38-22-23-39(37-16-9-8-15-36(37)38)44-28-43(50-47(51-44)32-12-4-3-5-13-32)33-20-19-30-25-26-49-29-34(30)27-33/h3-29H,1-2H3. The average Bonchev–Trinajstić information content (AvgIpc) is 3.43. The first-order valence-electron chi connectivity index (χ1n) is 17.5. The van der Waals surface area contributed by atoms with E-state index >= 15 is 0 Å². The van der Waals surface area contributed by atoms with Crippen molar-refractivity contribution in [3.63, 3.8) is 0 Å². The Morgan fingerprint density at radius 2 is 1.14 bits per heavy atom. The SMILES string of the molecule is CC1(C)c2cccc(-c3ccc(-c4cc(-c5ccc6ccncc6c5)nc(-c5ccccc5)n4)c4ccccc34)c2-c2c1ccc1ccccc21. The van der Waals surface area contributed by atoms with Crippen LogP contribution in [0.4, 0.5) is 0 Å². The van der Waals surface area contributed by atoms with Crippen molar-refractivity contribution in [1.82, 2.24) is 15.0 Å². The lowest BCUT2D eigenvalue weighted by molar-refractivity contribution is 0.661. The molecule has 240 valence electrons. The van der Waals surface area contributed by atoms with E-state index in [1.807, 2.05) is 36.7 Å². The Kier molecular flexibility index (Phi) is 6.53. The highest BCUT2D eigenvalue weighted by atomic mass is 14.9. The van der Waals surface area contributed by atoms with Crippen LogP contribution in [-0.2, 0) is 5.41 Å². The quantitative estimate of drug-likeness (QED) is 0.190. The average molecular weight is 652 g/mol. The molecule has 0 saturated heterocycles. The summed E-state index contributed by atoms with van der Waals surface area (Å²) in [6, 6.07) is 54.5. The number of rotatable bonds is 4. The lowest BCUT2D eigenvalue weighted by atomic mass is 9.81. The molecule has 0 amide bonds. The number of pyridine rings is 1. The van der Waals surface area contributed by atoms with Crippen LogP contribution in [0.1, 0.15) is 25.0 Å². The minimum Gasteiger partial charge on any atom is -0.264 e. The van der Waals surface area contributed by atoms with Crippen LogP contribution in [0.3, 0.4) is 0 Å². The molecule has 0 radical (unpaired) electrons.